The van der Waals surface area contributed by atoms with Gasteiger partial charge in [0.15, 0.2) is 0 Å². The summed E-state index contributed by atoms with van der Waals surface area (Å²) >= 11 is 2.05. The lowest BCUT2D eigenvalue weighted by Gasteiger charge is -2.23. The van der Waals surface area contributed by atoms with E-state index in [1.54, 1.807) is 0 Å². The van der Waals surface area contributed by atoms with Gasteiger partial charge in [0, 0.05) is 23.4 Å². The van der Waals surface area contributed by atoms with E-state index in [-0.39, 0.29) is 0 Å². The van der Waals surface area contributed by atoms with Crippen LogP contribution in [0.3, 0.4) is 0 Å². The SMILES string of the molecule is CSC1(CNC(C)CC2CCCCCN2)CC1. The lowest BCUT2D eigenvalue weighted by atomic mass is 10.0. The molecule has 2 nitrogen and oxygen atoms in total. The molecule has 1 saturated heterocycles. The van der Waals surface area contributed by atoms with Gasteiger partial charge in [-0.05, 0) is 51.8 Å². The summed E-state index contributed by atoms with van der Waals surface area (Å²) in [5, 5.41) is 7.44. The first-order valence-corrected chi connectivity index (χ1v) is 8.48. The summed E-state index contributed by atoms with van der Waals surface area (Å²) in [5.74, 6) is 0. The molecule has 2 rings (SSSR count). The Balaban J connectivity index is 1.64. The Labute approximate surface area is 111 Å². The van der Waals surface area contributed by atoms with Crippen LogP contribution in [0.15, 0.2) is 0 Å². The van der Waals surface area contributed by atoms with Gasteiger partial charge in [-0.25, -0.2) is 0 Å². The van der Waals surface area contributed by atoms with Gasteiger partial charge in [0.2, 0.25) is 0 Å². The third-order valence-corrected chi connectivity index (χ3v) is 5.73. The fourth-order valence-electron chi connectivity index (χ4n) is 2.76. The van der Waals surface area contributed by atoms with Crippen molar-refractivity contribution >= 4 is 11.8 Å². The predicted molar refractivity (Wildman–Crippen MR) is 77.8 cm³/mol. The first kappa shape index (κ1) is 13.7. The molecule has 1 aliphatic carbocycles. The van der Waals surface area contributed by atoms with E-state index in [1.165, 1.54) is 58.0 Å². The molecule has 0 amide bonds. The van der Waals surface area contributed by atoms with Gasteiger partial charge in [-0.15, -0.1) is 0 Å². The highest BCUT2D eigenvalue weighted by molar-refractivity contribution is 8.00. The number of rotatable bonds is 6. The molecule has 2 unspecified atom stereocenters. The molecule has 0 radical (unpaired) electrons. The number of nitrogens with one attached hydrogen (secondary N) is 2. The second-order valence-electron chi connectivity index (χ2n) is 5.91. The highest BCUT2D eigenvalue weighted by Crippen LogP contribution is 2.46. The first-order valence-electron chi connectivity index (χ1n) is 7.26. The Morgan fingerprint density at radius 2 is 2.18 bits per heavy atom. The monoisotopic (exact) mass is 256 g/mol. The van der Waals surface area contributed by atoms with E-state index in [1.807, 2.05) is 0 Å². The fourth-order valence-corrected chi connectivity index (χ4v) is 3.50. The van der Waals surface area contributed by atoms with Crippen LogP contribution < -0.4 is 10.6 Å². The van der Waals surface area contributed by atoms with Crippen molar-refractivity contribution in [3.8, 4) is 0 Å². The average molecular weight is 256 g/mol. The number of hydrogen-bond donors (Lipinski definition) is 2. The maximum Gasteiger partial charge on any atom is 0.0282 e. The second kappa shape index (κ2) is 6.44. The quantitative estimate of drug-likeness (QED) is 0.764. The smallest absolute Gasteiger partial charge is 0.0282 e. The van der Waals surface area contributed by atoms with Crippen LogP contribution in [0.2, 0.25) is 0 Å². The van der Waals surface area contributed by atoms with Gasteiger partial charge in [-0.3, -0.25) is 0 Å². The Hall–Kier alpha value is 0.270. The predicted octanol–water partition coefficient (Wildman–Crippen LogP) is 2.78. The highest BCUT2D eigenvalue weighted by atomic mass is 32.2. The summed E-state index contributed by atoms with van der Waals surface area (Å²) in [6, 6.07) is 1.42. The molecule has 0 aromatic carbocycles. The van der Waals surface area contributed by atoms with Gasteiger partial charge < -0.3 is 10.6 Å². The van der Waals surface area contributed by atoms with E-state index in [9.17, 15) is 0 Å². The molecule has 2 aliphatic rings. The van der Waals surface area contributed by atoms with Crippen molar-refractivity contribution in [2.24, 2.45) is 0 Å². The van der Waals surface area contributed by atoms with Crippen LogP contribution in [0.25, 0.3) is 0 Å². The molecule has 2 N–H and O–H groups in total. The Morgan fingerprint density at radius 3 is 2.88 bits per heavy atom. The van der Waals surface area contributed by atoms with Crippen molar-refractivity contribution in [3.05, 3.63) is 0 Å². The van der Waals surface area contributed by atoms with Crippen LogP contribution in [-0.4, -0.2) is 36.2 Å². The van der Waals surface area contributed by atoms with Crippen LogP contribution in [0, 0.1) is 0 Å². The summed E-state index contributed by atoms with van der Waals surface area (Å²) in [7, 11) is 0. The summed E-state index contributed by atoms with van der Waals surface area (Å²) in [5.41, 5.74) is 0. The standard InChI is InChI=1S/C14H28N2S/c1-12(16-11-14(17-2)7-8-14)10-13-6-4-3-5-9-15-13/h12-13,15-16H,3-11H2,1-2H3. The number of thioether (sulfide) groups is 1. The lowest BCUT2D eigenvalue weighted by molar-refractivity contribution is 0.402. The van der Waals surface area contributed by atoms with Crippen LogP contribution in [-0.2, 0) is 0 Å². The van der Waals surface area contributed by atoms with E-state index < -0.39 is 0 Å². The molecule has 0 spiro atoms. The zero-order valence-electron chi connectivity index (χ0n) is 11.4. The third kappa shape index (κ3) is 4.46. The molecule has 0 bridgehead atoms. The zero-order chi connectivity index (χ0) is 12.1. The van der Waals surface area contributed by atoms with Crippen molar-refractivity contribution in [1.82, 2.24) is 10.6 Å². The van der Waals surface area contributed by atoms with Crippen LogP contribution >= 0.6 is 11.8 Å². The molecule has 3 heteroatoms. The molecule has 0 aromatic heterocycles. The van der Waals surface area contributed by atoms with E-state index in [0.29, 0.717) is 10.8 Å². The van der Waals surface area contributed by atoms with Crippen LogP contribution in [0.5, 0.6) is 0 Å². The van der Waals surface area contributed by atoms with Crippen LogP contribution in [0.1, 0.15) is 51.9 Å². The van der Waals surface area contributed by atoms with E-state index in [2.05, 4.69) is 35.6 Å². The summed E-state index contributed by atoms with van der Waals surface area (Å²) < 4.78 is 0.602. The van der Waals surface area contributed by atoms with Gasteiger partial charge in [-0.2, -0.15) is 11.8 Å². The van der Waals surface area contributed by atoms with Gasteiger partial charge >= 0.3 is 0 Å². The van der Waals surface area contributed by atoms with Crippen molar-refractivity contribution in [2.75, 3.05) is 19.3 Å². The van der Waals surface area contributed by atoms with Gasteiger partial charge in [0.1, 0.15) is 0 Å². The maximum absolute atomic E-state index is 3.74. The largest absolute Gasteiger partial charge is 0.314 e. The summed E-state index contributed by atoms with van der Waals surface area (Å²) in [6.07, 6.45) is 12.0. The van der Waals surface area contributed by atoms with Crippen molar-refractivity contribution < 1.29 is 0 Å². The van der Waals surface area contributed by atoms with Crippen molar-refractivity contribution in [3.63, 3.8) is 0 Å². The molecule has 2 fully saturated rings. The molecule has 100 valence electrons. The minimum absolute atomic E-state index is 0.602. The lowest BCUT2D eigenvalue weighted by Crippen LogP contribution is -2.39. The van der Waals surface area contributed by atoms with E-state index in [0.717, 1.165) is 6.04 Å². The number of hydrogen-bond acceptors (Lipinski definition) is 3. The minimum Gasteiger partial charge on any atom is -0.314 e. The molecule has 2 atom stereocenters. The second-order valence-corrected chi connectivity index (χ2v) is 7.18. The summed E-state index contributed by atoms with van der Waals surface area (Å²) in [4.78, 5) is 0. The van der Waals surface area contributed by atoms with Crippen molar-refractivity contribution in [2.45, 2.75) is 68.7 Å². The third-order valence-electron chi connectivity index (χ3n) is 4.31. The minimum atomic E-state index is 0.602. The topological polar surface area (TPSA) is 24.1 Å². The van der Waals surface area contributed by atoms with E-state index in [4.69, 9.17) is 0 Å². The van der Waals surface area contributed by atoms with Crippen LogP contribution in [0.4, 0.5) is 0 Å². The zero-order valence-corrected chi connectivity index (χ0v) is 12.2. The van der Waals surface area contributed by atoms with Gasteiger partial charge in [0.05, 0.1) is 0 Å². The van der Waals surface area contributed by atoms with E-state index >= 15 is 0 Å². The Bertz CT molecular complexity index is 220. The molecular formula is C14H28N2S. The molecule has 1 saturated carbocycles. The molecule has 1 aliphatic heterocycles. The van der Waals surface area contributed by atoms with Gasteiger partial charge in [-0.1, -0.05) is 12.8 Å². The normalized spacial score (nSPS) is 29.6. The molecular weight excluding hydrogens is 228 g/mol. The summed E-state index contributed by atoms with van der Waals surface area (Å²) in [6.45, 7) is 4.79. The Morgan fingerprint density at radius 1 is 1.35 bits per heavy atom. The van der Waals surface area contributed by atoms with Gasteiger partial charge in [0.25, 0.3) is 0 Å². The highest BCUT2D eigenvalue weighted by Gasteiger charge is 2.41. The van der Waals surface area contributed by atoms with Crippen molar-refractivity contribution in [1.29, 1.82) is 0 Å². The molecule has 1 heterocycles. The Kier molecular flexibility index (Phi) is 5.19. The fraction of sp³-hybridized carbons (Fsp3) is 1.00. The molecule has 17 heavy (non-hydrogen) atoms. The maximum atomic E-state index is 3.74. The average Bonchev–Trinajstić information content (AvgIpc) is 3.12. The molecule has 0 aromatic rings. The first-order chi connectivity index (χ1) is 8.24.